The molecule has 2 heterocycles. The maximum absolute atomic E-state index is 10.5. The van der Waals surface area contributed by atoms with Crippen LogP contribution in [0.5, 0.6) is 5.75 Å². The second-order valence-corrected chi connectivity index (χ2v) is 7.81. The molecule has 130 valence electrons. The Bertz CT molecular complexity index is 626. The normalized spacial score (nSPS) is 19.8. The molecule has 3 rings (SSSR count). The second kappa shape index (κ2) is 8.15. The summed E-state index contributed by atoms with van der Waals surface area (Å²) in [5, 5.41) is 12.6. The summed E-state index contributed by atoms with van der Waals surface area (Å²) in [7, 11) is 0. The van der Waals surface area contributed by atoms with Crippen molar-refractivity contribution in [3.8, 4) is 5.75 Å². The van der Waals surface area contributed by atoms with Crippen LogP contribution in [0, 0.1) is 0 Å². The van der Waals surface area contributed by atoms with Crippen molar-refractivity contribution in [2.45, 2.75) is 44.8 Å². The first-order chi connectivity index (χ1) is 11.6. The van der Waals surface area contributed by atoms with Gasteiger partial charge in [0, 0.05) is 17.5 Å². The van der Waals surface area contributed by atoms with Crippen LogP contribution >= 0.6 is 11.3 Å². The van der Waals surface area contributed by atoms with E-state index in [1.165, 1.54) is 23.3 Å². The first-order valence-corrected chi connectivity index (χ1v) is 9.70. The molecule has 4 heteroatoms. The number of thiophene rings is 1. The highest BCUT2D eigenvalue weighted by atomic mass is 32.1. The Morgan fingerprint density at radius 1 is 1.25 bits per heavy atom. The van der Waals surface area contributed by atoms with Gasteiger partial charge in [0.2, 0.25) is 0 Å². The Labute approximate surface area is 148 Å². The summed E-state index contributed by atoms with van der Waals surface area (Å²) in [4.78, 5) is 3.81. The van der Waals surface area contributed by atoms with Gasteiger partial charge in [-0.05, 0) is 48.4 Å². The number of para-hydroxylation sites is 1. The SMILES string of the molecule is CC(C)c1ccccc1OCC(O)CN1CCCC1c1cccs1. The monoisotopic (exact) mass is 345 g/mol. The lowest BCUT2D eigenvalue weighted by atomic mass is 10.0. The first kappa shape index (κ1) is 17.5. The van der Waals surface area contributed by atoms with Gasteiger partial charge in [0.1, 0.15) is 18.5 Å². The molecule has 0 saturated carbocycles. The third kappa shape index (κ3) is 4.18. The summed E-state index contributed by atoms with van der Waals surface area (Å²) in [5.74, 6) is 1.31. The lowest BCUT2D eigenvalue weighted by Crippen LogP contribution is -2.35. The predicted molar refractivity (Wildman–Crippen MR) is 99.9 cm³/mol. The topological polar surface area (TPSA) is 32.7 Å². The average molecular weight is 346 g/mol. The molecule has 0 bridgehead atoms. The summed E-state index contributed by atoms with van der Waals surface area (Å²) in [5.41, 5.74) is 1.20. The lowest BCUT2D eigenvalue weighted by Gasteiger charge is -2.26. The van der Waals surface area contributed by atoms with Crippen molar-refractivity contribution in [2.75, 3.05) is 19.7 Å². The van der Waals surface area contributed by atoms with E-state index in [4.69, 9.17) is 4.74 Å². The summed E-state index contributed by atoms with van der Waals surface area (Å²) in [6.07, 6.45) is 1.92. The Morgan fingerprint density at radius 2 is 2.08 bits per heavy atom. The Morgan fingerprint density at radius 3 is 2.83 bits per heavy atom. The van der Waals surface area contributed by atoms with Crippen molar-refractivity contribution < 1.29 is 9.84 Å². The highest BCUT2D eigenvalue weighted by molar-refractivity contribution is 7.10. The van der Waals surface area contributed by atoms with Crippen LogP contribution in [0.15, 0.2) is 41.8 Å². The number of ether oxygens (including phenoxy) is 1. The van der Waals surface area contributed by atoms with Crippen LogP contribution in [-0.2, 0) is 0 Å². The zero-order chi connectivity index (χ0) is 16.9. The lowest BCUT2D eigenvalue weighted by molar-refractivity contribution is 0.0639. The highest BCUT2D eigenvalue weighted by Crippen LogP contribution is 2.34. The molecular weight excluding hydrogens is 318 g/mol. The smallest absolute Gasteiger partial charge is 0.122 e. The fraction of sp³-hybridized carbons (Fsp3) is 0.500. The second-order valence-electron chi connectivity index (χ2n) is 6.83. The fourth-order valence-corrected chi connectivity index (χ4v) is 4.34. The number of rotatable bonds is 7. The molecule has 0 amide bonds. The molecule has 1 aliphatic heterocycles. The molecule has 3 nitrogen and oxygen atoms in total. The van der Waals surface area contributed by atoms with Crippen LogP contribution in [0.3, 0.4) is 0 Å². The van der Waals surface area contributed by atoms with E-state index in [0.717, 1.165) is 12.3 Å². The van der Waals surface area contributed by atoms with Crippen LogP contribution in [0.1, 0.15) is 49.1 Å². The summed E-state index contributed by atoms with van der Waals surface area (Å²) < 4.78 is 5.92. The minimum Gasteiger partial charge on any atom is -0.491 e. The average Bonchev–Trinajstić information content (AvgIpc) is 3.24. The van der Waals surface area contributed by atoms with Crippen molar-refractivity contribution >= 4 is 11.3 Å². The maximum atomic E-state index is 10.5. The van der Waals surface area contributed by atoms with Crippen LogP contribution in [0.4, 0.5) is 0 Å². The molecular formula is C20H27NO2S. The number of nitrogens with zero attached hydrogens (tertiary/aromatic N) is 1. The molecule has 2 atom stereocenters. The van der Waals surface area contributed by atoms with E-state index >= 15 is 0 Å². The molecule has 0 spiro atoms. The van der Waals surface area contributed by atoms with Crippen molar-refractivity contribution in [2.24, 2.45) is 0 Å². The zero-order valence-corrected chi connectivity index (χ0v) is 15.3. The fourth-order valence-electron chi connectivity index (χ4n) is 3.45. The van der Waals surface area contributed by atoms with Gasteiger partial charge < -0.3 is 9.84 Å². The van der Waals surface area contributed by atoms with Crippen LogP contribution in [0.2, 0.25) is 0 Å². The van der Waals surface area contributed by atoms with E-state index in [-0.39, 0.29) is 0 Å². The van der Waals surface area contributed by atoms with Gasteiger partial charge in [-0.2, -0.15) is 0 Å². The number of aliphatic hydroxyl groups is 1. The minimum absolute atomic E-state index is 0.345. The van der Waals surface area contributed by atoms with Gasteiger partial charge in [-0.25, -0.2) is 0 Å². The molecule has 2 unspecified atom stereocenters. The zero-order valence-electron chi connectivity index (χ0n) is 14.5. The van der Waals surface area contributed by atoms with Crippen molar-refractivity contribution in [1.29, 1.82) is 0 Å². The number of benzene rings is 1. The van der Waals surface area contributed by atoms with Crippen LogP contribution in [0.25, 0.3) is 0 Å². The molecule has 24 heavy (non-hydrogen) atoms. The quantitative estimate of drug-likeness (QED) is 0.805. The molecule has 1 N–H and O–H groups in total. The summed E-state index contributed by atoms with van der Waals surface area (Å²) in [6, 6.07) is 12.9. The number of β-amino-alcohol motifs (C(OH)–C–C–N with tert-alkyl or cyclic N) is 1. The third-order valence-electron chi connectivity index (χ3n) is 4.65. The van der Waals surface area contributed by atoms with Crippen molar-refractivity contribution in [1.82, 2.24) is 4.90 Å². The van der Waals surface area contributed by atoms with Gasteiger partial charge in [0.25, 0.3) is 0 Å². The van der Waals surface area contributed by atoms with Crippen molar-refractivity contribution in [3.63, 3.8) is 0 Å². The van der Waals surface area contributed by atoms with Gasteiger partial charge in [-0.1, -0.05) is 38.1 Å². The third-order valence-corrected chi connectivity index (χ3v) is 5.63. The van der Waals surface area contributed by atoms with E-state index < -0.39 is 6.10 Å². The molecule has 0 aliphatic carbocycles. The summed E-state index contributed by atoms with van der Waals surface area (Å²) in [6.45, 7) is 6.40. The number of aliphatic hydroxyl groups excluding tert-OH is 1. The molecule has 0 radical (unpaired) electrons. The maximum Gasteiger partial charge on any atom is 0.122 e. The number of hydrogen-bond donors (Lipinski definition) is 1. The van der Waals surface area contributed by atoms with E-state index in [1.807, 2.05) is 29.5 Å². The van der Waals surface area contributed by atoms with E-state index in [9.17, 15) is 5.11 Å². The Balaban J connectivity index is 1.55. The van der Waals surface area contributed by atoms with E-state index in [0.29, 0.717) is 25.1 Å². The van der Waals surface area contributed by atoms with Crippen LogP contribution in [-0.4, -0.2) is 35.8 Å². The largest absolute Gasteiger partial charge is 0.491 e. The van der Waals surface area contributed by atoms with E-state index in [1.54, 1.807) is 0 Å². The Hall–Kier alpha value is -1.36. The van der Waals surface area contributed by atoms with Gasteiger partial charge in [-0.15, -0.1) is 11.3 Å². The standard InChI is InChI=1S/C20H27NO2S/c1-15(2)17-7-3-4-9-19(17)23-14-16(22)13-21-11-5-8-18(21)20-10-6-12-24-20/h3-4,6-7,9-10,12,15-16,18,22H,5,8,11,13-14H2,1-2H3. The molecule has 1 aromatic heterocycles. The highest BCUT2D eigenvalue weighted by Gasteiger charge is 2.28. The molecule has 1 saturated heterocycles. The van der Waals surface area contributed by atoms with Gasteiger partial charge in [0.05, 0.1) is 0 Å². The first-order valence-electron chi connectivity index (χ1n) is 8.82. The summed E-state index contributed by atoms with van der Waals surface area (Å²) >= 11 is 1.81. The van der Waals surface area contributed by atoms with Crippen LogP contribution < -0.4 is 4.74 Å². The van der Waals surface area contributed by atoms with Gasteiger partial charge in [-0.3, -0.25) is 4.90 Å². The minimum atomic E-state index is -0.467. The molecule has 1 aliphatic rings. The molecule has 2 aromatic rings. The van der Waals surface area contributed by atoms with Crippen molar-refractivity contribution in [3.05, 3.63) is 52.2 Å². The Kier molecular flexibility index (Phi) is 5.93. The van der Waals surface area contributed by atoms with Gasteiger partial charge >= 0.3 is 0 Å². The molecule has 1 aromatic carbocycles. The molecule has 1 fully saturated rings. The number of hydrogen-bond acceptors (Lipinski definition) is 4. The predicted octanol–water partition coefficient (Wildman–Crippen LogP) is 4.45. The van der Waals surface area contributed by atoms with E-state index in [2.05, 4.69) is 42.3 Å². The van der Waals surface area contributed by atoms with Gasteiger partial charge in [0.15, 0.2) is 0 Å². The number of likely N-dealkylation sites (tertiary alicyclic amines) is 1.